The van der Waals surface area contributed by atoms with Gasteiger partial charge in [0.1, 0.15) is 24.7 Å². The average molecular weight is 497 g/mol. The smallest absolute Gasteiger partial charge is 0.469 e. The van der Waals surface area contributed by atoms with Gasteiger partial charge >= 0.3 is 7.82 Å². The van der Waals surface area contributed by atoms with Crippen molar-refractivity contribution in [3.63, 3.8) is 0 Å². The molecule has 2 heterocycles. The molecule has 34 heavy (non-hydrogen) atoms. The summed E-state index contributed by atoms with van der Waals surface area (Å²) in [7, 11) is -5.11. The number of alkyl halides is 2. The van der Waals surface area contributed by atoms with E-state index in [1.165, 1.54) is 24.3 Å². The van der Waals surface area contributed by atoms with Gasteiger partial charge in [-0.1, -0.05) is 6.07 Å². The fourth-order valence-corrected chi connectivity index (χ4v) is 3.98. The Balaban J connectivity index is 1.81. The van der Waals surface area contributed by atoms with Gasteiger partial charge in [-0.05, 0) is 48.9 Å². The Bertz CT molecular complexity index is 1290. The molecule has 1 amide bonds. The number of aromatic nitrogens is 2. The number of phosphoric ester groups is 1. The number of rotatable bonds is 7. The number of anilines is 1. The molecular formula is C21H19F3N3O6P. The van der Waals surface area contributed by atoms with Crippen LogP contribution in [0.5, 0.6) is 5.75 Å². The van der Waals surface area contributed by atoms with Crippen LogP contribution in [0.15, 0.2) is 42.5 Å². The number of benzene rings is 2. The topological polar surface area (TPSA) is 123 Å². The van der Waals surface area contributed by atoms with Gasteiger partial charge in [0.25, 0.3) is 11.8 Å². The van der Waals surface area contributed by atoms with Gasteiger partial charge in [0.15, 0.2) is 6.61 Å². The minimum Gasteiger partial charge on any atom is -0.482 e. The molecule has 0 radical (unpaired) electrons. The molecule has 1 aliphatic heterocycles. The number of hydrogen-bond donors (Lipinski definition) is 3. The van der Waals surface area contributed by atoms with Crippen LogP contribution in [0.4, 0.5) is 18.9 Å². The normalized spacial score (nSPS) is 13.9. The van der Waals surface area contributed by atoms with E-state index in [1.54, 1.807) is 25.1 Å². The van der Waals surface area contributed by atoms with Crippen LogP contribution < -0.4 is 10.1 Å². The second-order valence-corrected chi connectivity index (χ2v) is 8.88. The van der Waals surface area contributed by atoms with Gasteiger partial charge in [0, 0.05) is 11.1 Å². The number of ether oxygens (including phenoxy) is 1. The highest BCUT2D eigenvalue weighted by molar-refractivity contribution is 7.46. The zero-order valence-electron chi connectivity index (χ0n) is 17.7. The lowest BCUT2D eigenvalue weighted by Gasteiger charge is -2.20. The number of fused-ring (bicyclic) bond motifs is 1. The molecule has 0 saturated heterocycles. The van der Waals surface area contributed by atoms with Crippen molar-refractivity contribution in [2.45, 2.75) is 19.4 Å². The van der Waals surface area contributed by atoms with E-state index in [9.17, 15) is 22.5 Å². The predicted molar refractivity (Wildman–Crippen MR) is 115 cm³/mol. The standard InChI is InChI=1S/C21H19F3N3O6P/c1-12-19(14-4-7-17-16(8-14)25-18(28)9-32-17)20(13-2-5-15(22)6-3-13)27(26-12)10-21(23,24)11-33-34(29,30)31/h2-8H,9-11H2,1H3,(H,25,28)(H2,29,30,31). The first-order chi connectivity index (χ1) is 15.9. The third-order valence-electron chi connectivity index (χ3n) is 4.97. The molecule has 0 atom stereocenters. The lowest BCUT2D eigenvalue weighted by Crippen LogP contribution is -2.30. The van der Waals surface area contributed by atoms with E-state index in [2.05, 4.69) is 14.9 Å². The Labute approximate surface area is 191 Å². The Kier molecular flexibility index (Phi) is 6.26. The van der Waals surface area contributed by atoms with Crippen molar-refractivity contribution in [1.29, 1.82) is 0 Å². The molecular weight excluding hydrogens is 478 g/mol. The Morgan fingerprint density at radius 3 is 2.56 bits per heavy atom. The summed E-state index contributed by atoms with van der Waals surface area (Å²) < 4.78 is 63.9. The van der Waals surface area contributed by atoms with E-state index in [0.29, 0.717) is 33.8 Å². The molecule has 13 heteroatoms. The summed E-state index contributed by atoms with van der Waals surface area (Å²) >= 11 is 0. The molecule has 0 saturated carbocycles. The number of hydrogen-bond acceptors (Lipinski definition) is 5. The van der Waals surface area contributed by atoms with Crippen LogP contribution in [0.2, 0.25) is 0 Å². The number of carbonyl (C=O) groups excluding carboxylic acids is 1. The van der Waals surface area contributed by atoms with Crippen molar-refractivity contribution < 1.29 is 41.6 Å². The lowest BCUT2D eigenvalue weighted by atomic mass is 9.98. The van der Waals surface area contributed by atoms with Gasteiger partial charge in [0.05, 0.1) is 17.1 Å². The third kappa shape index (κ3) is 5.31. The molecule has 1 aliphatic rings. The zero-order valence-corrected chi connectivity index (χ0v) is 18.6. The van der Waals surface area contributed by atoms with Gasteiger partial charge in [-0.2, -0.15) is 5.10 Å². The van der Waals surface area contributed by atoms with Crippen LogP contribution in [-0.2, 0) is 20.4 Å². The first-order valence-electron chi connectivity index (χ1n) is 9.90. The second kappa shape index (κ2) is 8.88. The molecule has 3 N–H and O–H groups in total. The summed E-state index contributed by atoms with van der Waals surface area (Å²) in [5.41, 5.74) is 2.32. The number of aryl methyl sites for hydroxylation is 1. The van der Waals surface area contributed by atoms with E-state index in [4.69, 9.17) is 14.5 Å². The maximum absolute atomic E-state index is 14.6. The highest BCUT2D eigenvalue weighted by Crippen LogP contribution is 2.41. The highest BCUT2D eigenvalue weighted by Gasteiger charge is 2.36. The Morgan fingerprint density at radius 1 is 1.21 bits per heavy atom. The molecule has 0 bridgehead atoms. The number of nitrogens with one attached hydrogen (secondary N) is 1. The number of halogens is 3. The number of phosphoric acid groups is 1. The second-order valence-electron chi connectivity index (χ2n) is 7.64. The fraction of sp³-hybridized carbons (Fsp3) is 0.238. The van der Waals surface area contributed by atoms with E-state index >= 15 is 0 Å². The molecule has 1 aromatic heterocycles. The monoisotopic (exact) mass is 497 g/mol. The molecule has 9 nitrogen and oxygen atoms in total. The van der Waals surface area contributed by atoms with Crippen LogP contribution >= 0.6 is 7.82 Å². The largest absolute Gasteiger partial charge is 0.482 e. The molecule has 3 aromatic rings. The average Bonchev–Trinajstić information content (AvgIpc) is 3.06. The van der Waals surface area contributed by atoms with E-state index in [0.717, 1.165) is 4.68 Å². The minimum absolute atomic E-state index is 0.129. The van der Waals surface area contributed by atoms with Crippen LogP contribution in [0, 0.1) is 12.7 Å². The highest BCUT2D eigenvalue weighted by atomic mass is 31.2. The van der Waals surface area contributed by atoms with Gasteiger partial charge < -0.3 is 19.8 Å². The van der Waals surface area contributed by atoms with E-state index in [-0.39, 0.29) is 18.2 Å². The summed E-state index contributed by atoms with van der Waals surface area (Å²) in [6.07, 6.45) is 0. The van der Waals surface area contributed by atoms with Crippen molar-refractivity contribution in [3.8, 4) is 28.1 Å². The molecule has 0 unspecified atom stereocenters. The Hall–Kier alpha value is -3.18. The third-order valence-corrected chi connectivity index (χ3v) is 5.44. The minimum atomic E-state index is -5.11. The van der Waals surface area contributed by atoms with Gasteiger partial charge in [-0.25, -0.2) is 17.7 Å². The number of nitrogens with zero attached hydrogens (tertiary/aromatic N) is 2. The van der Waals surface area contributed by atoms with Crippen molar-refractivity contribution in [2.75, 3.05) is 18.5 Å². The predicted octanol–water partition coefficient (Wildman–Crippen LogP) is 3.74. The first kappa shape index (κ1) is 24.0. The van der Waals surface area contributed by atoms with Crippen molar-refractivity contribution in [2.24, 2.45) is 0 Å². The van der Waals surface area contributed by atoms with Crippen molar-refractivity contribution >= 4 is 19.4 Å². The molecule has 0 fully saturated rings. The maximum atomic E-state index is 14.6. The number of carbonyl (C=O) groups is 1. The summed E-state index contributed by atoms with van der Waals surface area (Å²) in [5.74, 6) is -4.12. The van der Waals surface area contributed by atoms with Crippen LogP contribution in [0.25, 0.3) is 22.4 Å². The summed E-state index contributed by atoms with van der Waals surface area (Å²) in [6, 6.07) is 10.1. The quantitative estimate of drug-likeness (QED) is 0.425. The van der Waals surface area contributed by atoms with Crippen LogP contribution in [0.3, 0.4) is 0 Å². The van der Waals surface area contributed by atoms with E-state index < -0.39 is 32.7 Å². The lowest BCUT2D eigenvalue weighted by molar-refractivity contribution is -0.118. The summed E-state index contributed by atoms with van der Waals surface area (Å²) in [4.78, 5) is 29.3. The SMILES string of the molecule is Cc1nn(CC(F)(F)COP(=O)(O)O)c(-c2ccc(F)cc2)c1-c1ccc2c(c1)NC(=O)CO2. The van der Waals surface area contributed by atoms with Gasteiger partial charge in [-0.3, -0.25) is 14.0 Å². The van der Waals surface area contributed by atoms with Crippen LogP contribution in [-0.4, -0.2) is 44.6 Å². The van der Waals surface area contributed by atoms with Gasteiger partial charge in [-0.15, -0.1) is 0 Å². The molecule has 4 rings (SSSR count). The van der Waals surface area contributed by atoms with Gasteiger partial charge in [0.2, 0.25) is 0 Å². The fourth-order valence-electron chi connectivity index (χ4n) is 3.62. The van der Waals surface area contributed by atoms with Crippen molar-refractivity contribution in [3.05, 3.63) is 54.0 Å². The molecule has 0 aliphatic carbocycles. The number of amides is 1. The Morgan fingerprint density at radius 2 is 1.88 bits per heavy atom. The summed E-state index contributed by atoms with van der Waals surface area (Å²) in [5, 5.41) is 6.90. The molecule has 0 spiro atoms. The van der Waals surface area contributed by atoms with E-state index in [1.807, 2.05) is 0 Å². The molecule has 2 aromatic carbocycles. The maximum Gasteiger partial charge on any atom is 0.469 e. The zero-order chi connectivity index (χ0) is 24.7. The van der Waals surface area contributed by atoms with Crippen LogP contribution in [0.1, 0.15) is 5.69 Å². The van der Waals surface area contributed by atoms with Crippen molar-refractivity contribution in [1.82, 2.24) is 9.78 Å². The molecule has 180 valence electrons. The summed E-state index contributed by atoms with van der Waals surface area (Å²) in [6.45, 7) is -1.13. The first-order valence-corrected chi connectivity index (χ1v) is 11.4.